The Kier molecular flexibility index (Phi) is 4.12. The summed E-state index contributed by atoms with van der Waals surface area (Å²) in [6, 6.07) is 7.56. The van der Waals surface area contributed by atoms with Crippen molar-refractivity contribution in [1.82, 2.24) is 15.1 Å². The van der Waals surface area contributed by atoms with Gasteiger partial charge in [-0.3, -0.25) is 0 Å². The maximum atomic E-state index is 11.2. The number of piperidine rings is 1. The monoisotopic (exact) mass is 364 g/mol. The fourth-order valence-corrected chi connectivity index (χ4v) is 3.87. The Balaban J connectivity index is 1.53. The summed E-state index contributed by atoms with van der Waals surface area (Å²) in [4.78, 5) is 4.68. The van der Waals surface area contributed by atoms with Crippen molar-refractivity contribution in [3.05, 3.63) is 24.3 Å². The van der Waals surface area contributed by atoms with Crippen LogP contribution >= 0.6 is 0 Å². The van der Waals surface area contributed by atoms with E-state index in [0.717, 1.165) is 50.8 Å². The molecule has 0 amide bonds. The highest BCUT2D eigenvalue weighted by Crippen LogP contribution is 2.29. The van der Waals surface area contributed by atoms with Gasteiger partial charge >= 0.3 is 16.1 Å². The van der Waals surface area contributed by atoms with Crippen LogP contribution < -0.4 is 9.08 Å². The number of nitrogens with zero attached hydrogens (tertiary/aromatic N) is 4. The van der Waals surface area contributed by atoms with Gasteiger partial charge in [0.05, 0.1) is 6.26 Å². The van der Waals surface area contributed by atoms with E-state index < -0.39 is 10.1 Å². The predicted octanol–water partition coefficient (Wildman–Crippen LogP) is 1.36. The molecule has 3 aliphatic rings. The minimum Gasteiger partial charge on any atom is -0.403 e. The topological polar surface area (TPSA) is 88.8 Å². The zero-order valence-corrected chi connectivity index (χ0v) is 14.8. The van der Waals surface area contributed by atoms with Crippen LogP contribution in [-0.4, -0.2) is 62.0 Å². The molecule has 4 heterocycles. The third kappa shape index (κ3) is 3.62. The van der Waals surface area contributed by atoms with E-state index in [0.29, 0.717) is 17.9 Å². The van der Waals surface area contributed by atoms with Gasteiger partial charge in [0.15, 0.2) is 0 Å². The van der Waals surface area contributed by atoms with Crippen LogP contribution in [-0.2, 0) is 10.1 Å². The van der Waals surface area contributed by atoms with Gasteiger partial charge in [0.2, 0.25) is 5.89 Å². The second kappa shape index (κ2) is 6.30. The molecule has 0 radical (unpaired) electrons. The quantitative estimate of drug-likeness (QED) is 0.752. The maximum Gasteiger partial charge on any atom is 0.318 e. The number of hydrogen-bond acceptors (Lipinski definition) is 8. The van der Waals surface area contributed by atoms with Gasteiger partial charge in [0.1, 0.15) is 5.75 Å². The molecule has 2 bridgehead atoms. The Bertz CT molecular complexity index is 841. The summed E-state index contributed by atoms with van der Waals surface area (Å²) >= 11 is 0. The van der Waals surface area contributed by atoms with E-state index >= 15 is 0 Å². The lowest BCUT2D eigenvalue weighted by Crippen LogP contribution is -2.38. The predicted molar refractivity (Wildman–Crippen MR) is 92.0 cm³/mol. The highest BCUT2D eigenvalue weighted by atomic mass is 32.2. The lowest BCUT2D eigenvalue weighted by molar-refractivity contribution is 0.249. The van der Waals surface area contributed by atoms with Crippen LogP contribution in [0.2, 0.25) is 0 Å². The highest BCUT2D eigenvalue weighted by molar-refractivity contribution is 7.86. The van der Waals surface area contributed by atoms with E-state index in [1.54, 1.807) is 24.3 Å². The average molecular weight is 364 g/mol. The number of anilines is 1. The van der Waals surface area contributed by atoms with E-state index in [-0.39, 0.29) is 5.75 Å². The molecule has 0 spiro atoms. The number of hydrogen-bond donors (Lipinski definition) is 0. The zero-order chi connectivity index (χ0) is 17.4. The van der Waals surface area contributed by atoms with Crippen LogP contribution in [0.25, 0.3) is 11.5 Å². The summed E-state index contributed by atoms with van der Waals surface area (Å²) in [6.07, 6.45) is 3.25. The van der Waals surface area contributed by atoms with E-state index in [4.69, 9.17) is 8.60 Å². The number of benzene rings is 1. The largest absolute Gasteiger partial charge is 0.403 e. The van der Waals surface area contributed by atoms with Crippen molar-refractivity contribution >= 4 is 16.1 Å². The highest BCUT2D eigenvalue weighted by Gasteiger charge is 2.31. The van der Waals surface area contributed by atoms with Crippen LogP contribution in [0.15, 0.2) is 28.7 Å². The number of rotatable bonds is 4. The Hall–Kier alpha value is -2.13. The fraction of sp³-hybridized carbons (Fsp3) is 0.500. The molecule has 0 atom stereocenters. The molecule has 8 nitrogen and oxygen atoms in total. The zero-order valence-electron chi connectivity index (χ0n) is 14.0. The molecule has 9 heteroatoms. The average Bonchev–Trinajstić information content (AvgIpc) is 2.87. The van der Waals surface area contributed by atoms with Crippen molar-refractivity contribution in [2.24, 2.45) is 0 Å². The van der Waals surface area contributed by atoms with E-state index in [1.165, 1.54) is 0 Å². The van der Waals surface area contributed by atoms with Gasteiger partial charge < -0.3 is 18.4 Å². The summed E-state index contributed by atoms with van der Waals surface area (Å²) in [7, 11) is -3.54. The fourth-order valence-electron chi connectivity index (χ4n) is 3.41. The molecule has 1 aromatic carbocycles. The van der Waals surface area contributed by atoms with Gasteiger partial charge in [-0.1, -0.05) is 5.10 Å². The third-order valence-electron chi connectivity index (χ3n) is 4.66. The van der Waals surface area contributed by atoms with Crippen LogP contribution in [0.1, 0.15) is 12.8 Å². The van der Waals surface area contributed by atoms with Crippen LogP contribution in [0.3, 0.4) is 0 Å². The summed E-state index contributed by atoms with van der Waals surface area (Å²) in [5, 5.41) is 8.37. The van der Waals surface area contributed by atoms with Crippen LogP contribution in [0.5, 0.6) is 5.75 Å². The first kappa shape index (κ1) is 16.3. The second-order valence-electron chi connectivity index (χ2n) is 6.47. The van der Waals surface area contributed by atoms with Gasteiger partial charge in [0, 0.05) is 37.8 Å². The SMILES string of the molecule is CS(=O)(=O)Oc1ccc(-c2nnc(N3CCN4CCC3CC4)o2)cc1. The van der Waals surface area contributed by atoms with Crippen molar-refractivity contribution < 1.29 is 17.0 Å². The third-order valence-corrected chi connectivity index (χ3v) is 5.16. The van der Waals surface area contributed by atoms with Crippen molar-refractivity contribution in [3.63, 3.8) is 0 Å². The molecule has 3 saturated heterocycles. The first-order valence-corrected chi connectivity index (χ1v) is 10.1. The molecule has 0 aliphatic carbocycles. The molecule has 25 heavy (non-hydrogen) atoms. The van der Waals surface area contributed by atoms with Crippen molar-refractivity contribution in [3.8, 4) is 17.2 Å². The lowest BCUT2D eigenvalue weighted by atomic mass is 10.1. The van der Waals surface area contributed by atoms with E-state index in [9.17, 15) is 8.42 Å². The standard InChI is InChI=1S/C16H20N4O4S/c1-25(21,22)24-14-4-2-12(3-5-14)15-17-18-16(23-15)20-11-10-19-8-6-13(20)7-9-19/h2-5,13H,6-11H2,1H3. The van der Waals surface area contributed by atoms with Gasteiger partial charge in [0.25, 0.3) is 0 Å². The smallest absolute Gasteiger partial charge is 0.318 e. The molecule has 5 rings (SSSR count). The molecule has 1 aromatic heterocycles. The van der Waals surface area contributed by atoms with Gasteiger partial charge in [-0.2, -0.15) is 8.42 Å². The first-order valence-electron chi connectivity index (χ1n) is 8.30. The molecule has 3 aliphatic heterocycles. The molecule has 2 aromatic rings. The lowest BCUT2D eigenvalue weighted by Gasteiger charge is -2.29. The molecule has 134 valence electrons. The Labute approximate surface area is 146 Å². The normalized spacial score (nSPS) is 23.5. The molecule has 0 N–H and O–H groups in total. The van der Waals surface area contributed by atoms with Crippen LogP contribution in [0, 0.1) is 0 Å². The number of aromatic nitrogens is 2. The molecule has 0 saturated carbocycles. The minimum atomic E-state index is -3.54. The number of fused-ring (bicyclic) bond motifs is 4. The molecule has 3 fully saturated rings. The minimum absolute atomic E-state index is 0.254. The maximum absolute atomic E-state index is 11.2. The Morgan fingerprint density at radius 2 is 1.80 bits per heavy atom. The Morgan fingerprint density at radius 3 is 2.48 bits per heavy atom. The second-order valence-corrected chi connectivity index (χ2v) is 8.04. The van der Waals surface area contributed by atoms with Crippen molar-refractivity contribution in [2.75, 3.05) is 37.3 Å². The van der Waals surface area contributed by atoms with Gasteiger partial charge in [-0.15, -0.1) is 5.10 Å². The van der Waals surface area contributed by atoms with E-state index in [2.05, 4.69) is 20.0 Å². The summed E-state index contributed by atoms with van der Waals surface area (Å²) in [6.45, 7) is 4.17. The van der Waals surface area contributed by atoms with Crippen molar-refractivity contribution in [2.45, 2.75) is 18.9 Å². The Morgan fingerprint density at radius 1 is 1.08 bits per heavy atom. The molecule has 0 unspecified atom stereocenters. The molecular formula is C16H20N4O4S. The van der Waals surface area contributed by atoms with Crippen LogP contribution in [0.4, 0.5) is 6.01 Å². The van der Waals surface area contributed by atoms with Gasteiger partial charge in [-0.25, -0.2) is 0 Å². The van der Waals surface area contributed by atoms with Gasteiger partial charge in [-0.05, 0) is 37.1 Å². The summed E-state index contributed by atoms with van der Waals surface area (Å²) in [5.41, 5.74) is 0.725. The van der Waals surface area contributed by atoms with E-state index in [1.807, 2.05) is 0 Å². The first-order chi connectivity index (χ1) is 12.0. The van der Waals surface area contributed by atoms with Crippen molar-refractivity contribution in [1.29, 1.82) is 0 Å². The summed E-state index contributed by atoms with van der Waals surface area (Å²) < 4.78 is 33.0. The summed E-state index contributed by atoms with van der Waals surface area (Å²) in [5.74, 6) is 0.671. The molecular weight excluding hydrogens is 344 g/mol.